The molecule has 0 saturated carbocycles. The number of anilines is 4. The van der Waals surface area contributed by atoms with E-state index in [1.165, 1.54) is 18.4 Å². The third-order valence-corrected chi connectivity index (χ3v) is 6.89. The molecule has 0 spiro atoms. The number of methoxy groups -OCH3 is 2. The molecular weight excluding hydrogens is 470 g/mol. The van der Waals surface area contributed by atoms with Gasteiger partial charge in [0.15, 0.2) is 6.10 Å². The van der Waals surface area contributed by atoms with Gasteiger partial charge in [-0.05, 0) is 24.1 Å². The highest BCUT2D eigenvalue weighted by atomic mass is 32.1. The summed E-state index contributed by atoms with van der Waals surface area (Å²) in [5.41, 5.74) is 1.81. The molecule has 2 aliphatic heterocycles. The first-order chi connectivity index (χ1) is 17.1. The fourth-order valence-corrected chi connectivity index (χ4v) is 4.92. The molecule has 35 heavy (non-hydrogen) atoms. The van der Waals surface area contributed by atoms with Gasteiger partial charge >= 0.3 is 0 Å². The van der Waals surface area contributed by atoms with E-state index in [0.29, 0.717) is 16.2 Å². The Morgan fingerprint density at radius 3 is 2.74 bits per heavy atom. The first kappa shape index (κ1) is 23.3. The molecule has 0 bridgehead atoms. The molecule has 12 nitrogen and oxygen atoms in total. The quantitative estimate of drug-likeness (QED) is 0.447. The van der Waals surface area contributed by atoms with Crippen molar-refractivity contribution in [1.82, 2.24) is 25.4 Å². The molecule has 2 aromatic heterocycles. The number of amides is 1. The normalized spacial score (nSPS) is 18.9. The average Bonchev–Trinajstić information content (AvgIpc) is 3.50. The number of carbonyl (C=O) groups excluding carboxylic acids is 1. The van der Waals surface area contributed by atoms with Crippen LogP contribution < -0.4 is 20.4 Å². The fraction of sp³-hybridized carbons (Fsp3) is 0.455. The van der Waals surface area contributed by atoms with Crippen LogP contribution in [0.2, 0.25) is 0 Å². The van der Waals surface area contributed by atoms with Crippen molar-refractivity contribution in [2.24, 2.45) is 0 Å². The Morgan fingerprint density at radius 1 is 1.11 bits per heavy atom. The summed E-state index contributed by atoms with van der Waals surface area (Å²) in [6.07, 6.45) is 3.58. The Hall–Kier alpha value is -3.42. The zero-order valence-corrected chi connectivity index (χ0v) is 20.3. The molecule has 184 valence electrons. The second-order valence-electron chi connectivity index (χ2n) is 8.39. The van der Waals surface area contributed by atoms with E-state index in [0.717, 1.165) is 43.9 Å². The second kappa shape index (κ2) is 10.5. The molecule has 2 atom stereocenters. The monoisotopic (exact) mass is 497 g/mol. The van der Waals surface area contributed by atoms with Crippen molar-refractivity contribution in [3.8, 4) is 0 Å². The Bertz CT molecular complexity index is 1140. The summed E-state index contributed by atoms with van der Waals surface area (Å²) < 4.78 is 10.9. The smallest absolute Gasteiger partial charge is 0.259 e. The number of hydrogen-bond acceptors (Lipinski definition) is 12. The van der Waals surface area contributed by atoms with Gasteiger partial charge in [-0.1, -0.05) is 23.5 Å². The second-order valence-corrected chi connectivity index (χ2v) is 9.37. The summed E-state index contributed by atoms with van der Waals surface area (Å²) in [5, 5.41) is 23.5. The van der Waals surface area contributed by atoms with E-state index in [2.05, 4.69) is 45.8 Å². The van der Waals surface area contributed by atoms with Gasteiger partial charge in [-0.15, -0.1) is 15.3 Å². The highest BCUT2D eigenvalue weighted by molar-refractivity contribution is 7.19. The van der Waals surface area contributed by atoms with Gasteiger partial charge < -0.3 is 24.6 Å². The van der Waals surface area contributed by atoms with E-state index in [-0.39, 0.29) is 18.1 Å². The molecule has 2 aliphatic rings. The number of hydrogen-bond donors (Lipinski definition) is 2. The SMILES string of the molecule is COC1CN(c2cccc([C@H](OC)C(=O)Nc3nnc(N[C@@H]4CCN(c5nccnn5)C4)s3)c2)C1. The van der Waals surface area contributed by atoms with Gasteiger partial charge in [0.05, 0.1) is 18.5 Å². The Morgan fingerprint density at radius 2 is 1.97 bits per heavy atom. The van der Waals surface area contributed by atoms with E-state index >= 15 is 0 Å². The zero-order chi connectivity index (χ0) is 24.2. The van der Waals surface area contributed by atoms with Gasteiger partial charge in [0, 0.05) is 52.1 Å². The molecule has 1 aromatic carbocycles. The first-order valence-corrected chi connectivity index (χ1v) is 12.1. The molecule has 4 heterocycles. The largest absolute Gasteiger partial charge is 0.378 e. The first-order valence-electron chi connectivity index (χ1n) is 11.3. The van der Waals surface area contributed by atoms with Crippen LogP contribution in [-0.4, -0.2) is 83.8 Å². The van der Waals surface area contributed by atoms with Crippen LogP contribution in [0, 0.1) is 0 Å². The van der Waals surface area contributed by atoms with Crippen molar-refractivity contribution in [3.05, 3.63) is 42.2 Å². The third kappa shape index (κ3) is 5.31. The van der Waals surface area contributed by atoms with Crippen molar-refractivity contribution in [2.45, 2.75) is 24.7 Å². The van der Waals surface area contributed by atoms with Crippen LogP contribution >= 0.6 is 11.3 Å². The van der Waals surface area contributed by atoms with Crippen LogP contribution in [0.15, 0.2) is 36.7 Å². The molecule has 2 fully saturated rings. The minimum absolute atomic E-state index is 0.170. The maximum Gasteiger partial charge on any atom is 0.259 e. The van der Waals surface area contributed by atoms with Crippen molar-refractivity contribution in [2.75, 3.05) is 60.8 Å². The molecule has 1 amide bonds. The topological polar surface area (TPSA) is 131 Å². The minimum atomic E-state index is -0.766. The van der Waals surface area contributed by atoms with E-state index in [1.54, 1.807) is 19.5 Å². The van der Waals surface area contributed by atoms with Crippen LogP contribution in [0.25, 0.3) is 0 Å². The number of rotatable bonds is 9. The Kier molecular flexibility index (Phi) is 6.97. The van der Waals surface area contributed by atoms with E-state index < -0.39 is 6.10 Å². The van der Waals surface area contributed by atoms with Crippen LogP contribution in [0.3, 0.4) is 0 Å². The predicted octanol–water partition coefficient (Wildman–Crippen LogP) is 1.58. The van der Waals surface area contributed by atoms with Gasteiger partial charge in [0.2, 0.25) is 16.2 Å². The van der Waals surface area contributed by atoms with Crippen LogP contribution in [0.5, 0.6) is 0 Å². The van der Waals surface area contributed by atoms with Crippen molar-refractivity contribution >= 4 is 39.1 Å². The van der Waals surface area contributed by atoms with Gasteiger partial charge in [-0.3, -0.25) is 10.1 Å². The number of aromatic nitrogens is 5. The number of ether oxygens (including phenoxy) is 2. The molecular formula is C22H27N9O3S. The minimum Gasteiger partial charge on any atom is -0.378 e. The summed E-state index contributed by atoms with van der Waals surface area (Å²) in [5.74, 6) is 0.316. The number of nitrogens with zero attached hydrogens (tertiary/aromatic N) is 7. The fourth-order valence-electron chi connectivity index (χ4n) is 4.20. The molecule has 0 unspecified atom stereocenters. The van der Waals surface area contributed by atoms with Gasteiger partial charge in [-0.25, -0.2) is 4.98 Å². The van der Waals surface area contributed by atoms with E-state index in [1.807, 2.05) is 24.3 Å². The van der Waals surface area contributed by atoms with E-state index in [9.17, 15) is 4.79 Å². The van der Waals surface area contributed by atoms with Crippen LogP contribution in [0.4, 0.5) is 21.9 Å². The third-order valence-electron chi connectivity index (χ3n) is 6.12. The van der Waals surface area contributed by atoms with Gasteiger partial charge in [0.25, 0.3) is 5.91 Å². The molecule has 13 heteroatoms. The summed E-state index contributed by atoms with van der Waals surface area (Å²) in [4.78, 5) is 21.5. The van der Waals surface area contributed by atoms with Gasteiger partial charge in [-0.2, -0.15) is 5.10 Å². The maximum absolute atomic E-state index is 13.0. The molecule has 5 rings (SSSR count). The van der Waals surface area contributed by atoms with Gasteiger partial charge in [0.1, 0.15) is 0 Å². The van der Waals surface area contributed by atoms with E-state index in [4.69, 9.17) is 9.47 Å². The van der Waals surface area contributed by atoms with Crippen LogP contribution in [-0.2, 0) is 14.3 Å². The lowest BCUT2D eigenvalue weighted by molar-refractivity contribution is -0.126. The molecule has 2 saturated heterocycles. The average molecular weight is 498 g/mol. The van der Waals surface area contributed by atoms with Crippen molar-refractivity contribution in [3.63, 3.8) is 0 Å². The molecule has 0 aliphatic carbocycles. The lowest BCUT2D eigenvalue weighted by atomic mass is 10.0. The lowest BCUT2D eigenvalue weighted by Crippen LogP contribution is -2.51. The lowest BCUT2D eigenvalue weighted by Gasteiger charge is -2.40. The summed E-state index contributed by atoms with van der Waals surface area (Å²) >= 11 is 1.29. The molecule has 0 radical (unpaired) electrons. The molecule has 2 N–H and O–H groups in total. The standard InChI is InChI=1S/C22H27N9O3S/c1-33-17-12-31(13-17)16-5-3-4-14(10-16)18(34-2)19(32)26-22-29-28-21(35-22)25-15-6-9-30(11-15)20-23-7-8-24-27-20/h3-5,7-8,10,15,17-18H,6,9,11-13H2,1-2H3,(H,25,28)(H,26,29,32)/t15-,18+/m1/s1. The van der Waals surface area contributed by atoms with Crippen molar-refractivity contribution < 1.29 is 14.3 Å². The predicted molar refractivity (Wildman–Crippen MR) is 132 cm³/mol. The summed E-state index contributed by atoms with van der Waals surface area (Å²) in [6.45, 7) is 3.22. The highest BCUT2D eigenvalue weighted by Crippen LogP contribution is 2.29. The Balaban J connectivity index is 1.17. The summed E-state index contributed by atoms with van der Waals surface area (Å²) in [7, 11) is 3.24. The highest BCUT2D eigenvalue weighted by Gasteiger charge is 2.29. The Labute approximate surface area is 206 Å². The maximum atomic E-state index is 13.0. The number of nitrogens with one attached hydrogen (secondary N) is 2. The van der Waals surface area contributed by atoms with Crippen molar-refractivity contribution in [1.29, 1.82) is 0 Å². The van der Waals surface area contributed by atoms with Crippen LogP contribution in [0.1, 0.15) is 18.1 Å². The zero-order valence-electron chi connectivity index (χ0n) is 19.5. The number of benzene rings is 1. The molecule has 3 aromatic rings. The number of carbonyl (C=O) groups is 1. The summed E-state index contributed by atoms with van der Waals surface area (Å²) in [6, 6.07) is 7.98.